The molecule has 2 nitrogen and oxygen atoms in total. The highest BCUT2D eigenvalue weighted by Gasteiger charge is 2.28. The molecule has 1 aliphatic heterocycles. The molecule has 0 fully saturated rings. The molecule has 4 rings (SSSR count). The standard InChI is InChI=1S/C22H25NO/c1-14(2)21-13-18-9-8-16(11-22(18)24-21)10-15(3)20-12-17-6-4-5-7-19(17)23-20/h4-9,12-15,22-23H,10-11H2,1-3H3. The summed E-state index contributed by atoms with van der Waals surface area (Å²) in [6, 6.07) is 10.8. The molecular formula is C22H25NO. The molecular weight excluding hydrogens is 294 g/mol. The van der Waals surface area contributed by atoms with E-state index in [1.807, 2.05) is 0 Å². The Bertz CT molecular complexity index is 817. The first-order valence-corrected chi connectivity index (χ1v) is 8.95. The van der Waals surface area contributed by atoms with E-state index < -0.39 is 0 Å². The van der Waals surface area contributed by atoms with Gasteiger partial charge in [0.15, 0.2) is 0 Å². The molecule has 2 atom stereocenters. The molecule has 1 aromatic heterocycles. The third kappa shape index (κ3) is 2.82. The Labute approximate surface area is 143 Å². The summed E-state index contributed by atoms with van der Waals surface area (Å²) in [6.45, 7) is 6.68. The number of rotatable bonds is 4. The van der Waals surface area contributed by atoms with Gasteiger partial charge in [-0.15, -0.1) is 0 Å². The van der Waals surface area contributed by atoms with Gasteiger partial charge in [-0.1, -0.05) is 56.7 Å². The van der Waals surface area contributed by atoms with E-state index in [9.17, 15) is 0 Å². The van der Waals surface area contributed by atoms with Crippen molar-refractivity contribution < 1.29 is 4.74 Å². The summed E-state index contributed by atoms with van der Waals surface area (Å²) in [5.41, 5.74) is 5.36. The number of ether oxygens (including phenoxy) is 1. The maximum absolute atomic E-state index is 6.14. The van der Waals surface area contributed by atoms with Crippen LogP contribution in [0.3, 0.4) is 0 Å². The number of hydrogen-bond donors (Lipinski definition) is 1. The van der Waals surface area contributed by atoms with Crippen LogP contribution in [0.2, 0.25) is 0 Å². The lowest BCUT2D eigenvalue weighted by atomic mass is 9.89. The van der Waals surface area contributed by atoms with E-state index in [1.165, 1.54) is 27.7 Å². The Morgan fingerprint density at radius 3 is 2.79 bits per heavy atom. The molecule has 2 unspecified atom stereocenters. The van der Waals surface area contributed by atoms with Gasteiger partial charge in [-0.05, 0) is 41.5 Å². The fourth-order valence-corrected chi connectivity index (χ4v) is 3.68. The number of H-pyrrole nitrogens is 1. The highest BCUT2D eigenvalue weighted by Crippen LogP contribution is 2.37. The van der Waals surface area contributed by atoms with Crippen molar-refractivity contribution in [3.63, 3.8) is 0 Å². The number of para-hydroxylation sites is 1. The highest BCUT2D eigenvalue weighted by atomic mass is 16.5. The molecule has 0 radical (unpaired) electrons. The van der Waals surface area contributed by atoms with Crippen LogP contribution >= 0.6 is 0 Å². The number of aromatic nitrogens is 1. The van der Waals surface area contributed by atoms with E-state index in [1.54, 1.807) is 0 Å². The van der Waals surface area contributed by atoms with Gasteiger partial charge in [-0.25, -0.2) is 0 Å². The summed E-state index contributed by atoms with van der Waals surface area (Å²) >= 11 is 0. The molecule has 0 spiro atoms. The summed E-state index contributed by atoms with van der Waals surface area (Å²) < 4.78 is 6.14. The lowest BCUT2D eigenvalue weighted by Crippen LogP contribution is -2.14. The van der Waals surface area contributed by atoms with E-state index in [-0.39, 0.29) is 6.10 Å². The third-order valence-electron chi connectivity index (χ3n) is 5.14. The van der Waals surface area contributed by atoms with Crippen LogP contribution < -0.4 is 0 Å². The summed E-state index contributed by atoms with van der Waals surface area (Å²) in [5.74, 6) is 2.08. The smallest absolute Gasteiger partial charge is 0.127 e. The van der Waals surface area contributed by atoms with Crippen molar-refractivity contribution >= 4 is 10.9 Å². The maximum Gasteiger partial charge on any atom is 0.127 e. The predicted molar refractivity (Wildman–Crippen MR) is 99.9 cm³/mol. The van der Waals surface area contributed by atoms with Crippen LogP contribution in [0, 0.1) is 5.92 Å². The first-order chi connectivity index (χ1) is 11.6. The highest BCUT2D eigenvalue weighted by molar-refractivity contribution is 5.80. The molecule has 1 aromatic carbocycles. The lowest BCUT2D eigenvalue weighted by molar-refractivity contribution is 0.143. The Kier molecular flexibility index (Phi) is 3.84. The zero-order valence-electron chi connectivity index (χ0n) is 14.7. The predicted octanol–water partition coefficient (Wildman–Crippen LogP) is 5.86. The topological polar surface area (TPSA) is 25.0 Å². The minimum atomic E-state index is 0.234. The van der Waals surface area contributed by atoms with Gasteiger partial charge in [-0.3, -0.25) is 0 Å². The van der Waals surface area contributed by atoms with Crippen molar-refractivity contribution in [3.8, 4) is 0 Å². The molecule has 2 heteroatoms. The average molecular weight is 319 g/mol. The van der Waals surface area contributed by atoms with Crippen LogP contribution in [0.15, 0.2) is 65.5 Å². The number of hydrogen-bond acceptors (Lipinski definition) is 1. The van der Waals surface area contributed by atoms with Gasteiger partial charge >= 0.3 is 0 Å². The Balaban J connectivity index is 1.48. The van der Waals surface area contributed by atoms with Crippen molar-refractivity contribution in [2.75, 3.05) is 0 Å². The van der Waals surface area contributed by atoms with Crippen molar-refractivity contribution in [2.24, 2.45) is 5.92 Å². The quantitative estimate of drug-likeness (QED) is 0.750. The Hall–Kier alpha value is -2.22. The normalized spacial score (nSPS) is 21.2. The zero-order chi connectivity index (χ0) is 16.7. The van der Waals surface area contributed by atoms with Crippen molar-refractivity contribution in [1.29, 1.82) is 0 Å². The third-order valence-corrected chi connectivity index (χ3v) is 5.14. The van der Waals surface area contributed by atoms with Gasteiger partial charge in [-0.2, -0.15) is 0 Å². The molecule has 124 valence electrons. The number of benzene rings is 1. The number of fused-ring (bicyclic) bond motifs is 2. The monoisotopic (exact) mass is 319 g/mol. The molecule has 0 bridgehead atoms. The summed E-state index contributed by atoms with van der Waals surface area (Å²) in [6.07, 6.45) is 9.10. The van der Waals surface area contributed by atoms with Crippen LogP contribution in [0.1, 0.15) is 45.2 Å². The summed E-state index contributed by atoms with van der Waals surface area (Å²) in [5, 5.41) is 1.30. The second-order valence-corrected chi connectivity index (χ2v) is 7.42. The fraction of sp³-hybridized carbons (Fsp3) is 0.364. The SMILES string of the molecule is CC(C)C1=CC2=CC=C(CC(C)c3cc4ccccc4[nH]3)CC2O1. The molecule has 2 heterocycles. The van der Waals surface area contributed by atoms with Gasteiger partial charge in [0.2, 0.25) is 0 Å². The molecule has 2 aromatic rings. The Morgan fingerprint density at radius 2 is 2.00 bits per heavy atom. The van der Waals surface area contributed by atoms with Crippen molar-refractivity contribution in [1.82, 2.24) is 4.98 Å². The van der Waals surface area contributed by atoms with E-state index in [2.05, 4.69) is 74.3 Å². The molecule has 1 aliphatic carbocycles. The first-order valence-electron chi connectivity index (χ1n) is 8.95. The van der Waals surface area contributed by atoms with Crippen LogP contribution in [-0.2, 0) is 4.74 Å². The van der Waals surface area contributed by atoms with Crippen molar-refractivity contribution in [3.05, 3.63) is 71.2 Å². The van der Waals surface area contributed by atoms with Gasteiger partial charge in [0, 0.05) is 23.5 Å². The van der Waals surface area contributed by atoms with E-state index >= 15 is 0 Å². The van der Waals surface area contributed by atoms with Crippen LogP contribution in [0.4, 0.5) is 0 Å². The van der Waals surface area contributed by atoms with Gasteiger partial charge in [0.05, 0.1) is 5.76 Å². The second kappa shape index (κ2) is 6.01. The molecule has 0 amide bonds. The van der Waals surface area contributed by atoms with E-state index in [0.717, 1.165) is 18.6 Å². The Morgan fingerprint density at radius 1 is 1.17 bits per heavy atom. The van der Waals surface area contributed by atoms with Crippen LogP contribution in [0.25, 0.3) is 10.9 Å². The molecule has 0 saturated carbocycles. The van der Waals surface area contributed by atoms with Gasteiger partial charge < -0.3 is 9.72 Å². The first kappa shape index (κ1) is 15.3. The largest absolute Gasteiger partial charge is 0.489 e. The molecule has 24 heavy (non-hydrogen) atoms. The number of allylic oxidation sites excluding steroid dienone is 3. The fourth-order valence-electron chi connectivity index (χ4n) is 3.68. The molecule has 0 saturated heterocycles. The second-order valence-electron chi connectivity index (χ2n) is 7.42. The summed E-state index contributed by atoms with van der Waals surface area (Å²) in [4.78, 5) is 3.57. The minimum Gasteiger partial charge on any atom is -0.489 e. The van der Waals surface area contributed by atoms with Crippen LogP contribution in [0.5, 0.6) is 0 Å². The summed E-state index contributed by atoms with van der Waals surface area (Å²) in [7, 11) is 0. The number of aromatic amines is 1. The van der Waals surface area contributed by atoms with Crippen LogP contribution in [-0.4, -0.2) is 11.1 Å². The maximum atomic E-state index is 6.14. The van der Waals surface area contributed by atoms with E-state index in [0.29, 0.717) is 11.8 Å². The average Bonchev–Trinajstić information content (AvgIpc) is 3.18. The molecule has 2 aliphatic rings. The number of nitrogens with one attached hydrogen (secondary N) is 1. The minimum absolute atomic E-state index is 0.234. The van der Waals surface area contributed by atoms with Gasteiger partial charge in [0.1, 0.15) is 6.10 Å². The molecule has 1 N–H and O–H groups in total. The zero-order valence-corrected chi connectivity index (χ0v) is 14.7. The van der Waals surface area contributed by atoms with Crippen molar-refractivity contribution in [2.45, 2.75) is 45.6 Å². The lowest BCUT2D eigenvalue weighted by Gasteiger charge is -2.22. The van der Waals surface area contributed by atoms with Gasteiger partial charge in [0.25, 0.3) is 0 Å². The van der Waals surface area contributed by atoms with E-state index in [4.69, 9.17) is 4.74 Å².